The van der Waals surface area contributed by atoms with Crippen LogP contribution < -0.4 is 5.73 Å². The minimum atomic E-state index is -0.527. The van der Waals surface area contributed by atoms with Crippen LogP contribution in [0.2, 0.25) is 0 Å². The third-order valence-electron chi connectivity index (χ3n) is 5.03. The van der Waals surface area contributed by atoms with Crippen molar-refractivity contribution in [2.75, 3.05) is 32.7 Å². The maximum Gasteiger partial charge on any atom is 0.324 e. The summed E-state index contributed by atoms with van der Waals surface area (Å²) < 4.78 is 0. The molecular formula is C16H25ClN4O4S. The zero-order valence-electron chi connectivity index (χ0n) is 15.0. The van der Waals surface area contributed by atoms with Gasteiger partial charge in [-0.2, -0.15) is 0 Å². The van der Waals surface area contributed by atoms with Crippen molar-refractivity contribution in [3.63, 3.8) is 0 Å². The standard InChI is InChI=1S/C16H24N4O4S.ClH/c1-3-16(4-2,11-17)15(22)19-9-7-18(8-10-19)14(21)12-5-6-13(25-12)20(23)24;/h5-6H,3-4,7-11,17H2,1-2H3;1H. The fourth-order valence-corrected chi connectivity index (χ4v) is 3.86. The summed E-state index contributed by atoms with van der Waals surface area (Å²) in [5.41, 5.74) is 5.32. The Kier molecular flexibility index (Phi) is 7.98. The molecule has 0 spiro atoms. The number of hydrogen-bond donors (Lipinski definition) is 1. The number of thiophene rings is 1. The molecule has 0 saturated carbocycles. The van der Waals surface area contributed by atoms with E-state index < -0.39 is 10.3 Å². The van der Waals surface area contributed by atoms with Gasteiger partial charge < -0.3 is 15.5 Å². The summed E-state index contributed by atoms with van der Waals surface area (Å²) in [6.45, 7) is 6.01. The number of carbonyl (C=O) groups is 2. The van der Waals surface area contributed by atoms with Crippen LogP contribution >= 0.6 is 23.7 Å². The van der Waals surface area contributed by atoms with Gasteiger partial charge in [0.25, 0.3) is 5.91 Å². The second-order valence-electron chi connectivity index (χ2n) is 6.17. The molecule has 0 bridgehead atoms. The van der Waals surface area contributed by atoms with Gasteiger partial charge in [-0.05, 0) is 18.9 Å². The van der Waals surface area contributed by atoms with Crippen LogP contribution in [0, 0.1) is 15.5 Å². The first-order valence-corrected chi connectivity index (χ1v) is 9.23. The summed E-state index contributed by atoms with van der Waals surface area (Å²) in [7, 11) is 0. The maximum atomic E-state index is 12.8. The van der Waals surface area contributed by atoms with E-state index in [1.807, 2.05) is 13.8 Å². The highest BCUT2D eigenvalue weighted by Gasteiger charge is 2.38. The van der Waals surface area contributed by atoms with E-state index in [-0.39, 0.29) is 29.2 Å². The number of nitro groups is 1. The highest BCUT2D eigenvalue weighted by Crippen LogP contribution is 2.29. The lowest BCUT2D eigenvalue weighted by Crippen LogP contribution is -2.55. The third kappa shape index (κ3) is 4.33. The lowest BCUT2D eigenvalue weighted by molar-refractivity contribution is -0.380. The topological polar surface area (TPSA) is 110 Å². The van der Waals surface area contributed by atoms with Crippen molar-refractivity contribution in [2.24, 2.45) is 11.1 Å². The maximum absolute atomic E-state index is 12.8. The molecule has 2 rings (SSSR count). The predicted octanol–water partition coefficient (Wildman–Crippen LogP) is 2.13. The minimum absolute atomic E-state index is 0. The van der Waals surface area contributed by atoms with E-state index >= 15 is 0 Å². The fourth-order valence-electron chi connectivity index (χ4n) is 3.07. The molecule has 0 aliphatic carbocycles. The minimum Gasteiger partial charge on any atom is -0.339 e. The van der Waals surface area contributed by atoms with Gasteiger partial charge in [0.05, 0.1) is 15.2 Å². The number of rotatable bonds is 6. The molecule has 2 heterocycles. The van der Waals surface area contributed by atoms with Crippen molar-refractivity contribution in [1.29, 1.82) is 0 Å². The lowest BCUT2D eigenvalue weighted by Gasteiger charge is -2.40. The van der Waals surface area contributed by atoms with Gasteiger partial charge in [-0.15, -0.1) is 12.4 Å². The zero-order valence-corrected chi connectivity index (χ0v) is 16.6. The third-order valence-corrected chi connectivity index (χ3v) is 6.06. The number of nitrogens with zero attached hydrogens (tertiary/aromatic N) is 3. The summed E-state index contributed by atoms with van der Waals surface area (Å²) in [4.78, 5) is 39.3. The van der Waals surface area contributed by atoms with Crippen molar-refractivity contribution in [1.82, 2.24) is 9.80 Å². The van der Waals surface area contributed by atoms with Crippen molar-refractivity contribution in [3.05, 3.63) is 27.1 Å². The molecule has 10 heteroatoms. The molecule has 1 saturated heterocycles. The molecule has 1 aliphatic rings. The van der Waals surface area contributed by atoms with Crippen LogP contribution in [0.25, 0.3) is 0 Å². The summed E-state index contributed by atoms with van der Waals surface area (Å²) in [6.07, 6.45) is 1.38. The van der Waals surface area contributed by atoms with Crippen molar-refractivity contribution >= 4 is 40.6 Å². The van der Waals surface area contributed by atoms with Gasteiger partial charge in [0, 0.05) is 38.8 Å². The normalized spacial score (nSPS) is 14.7. The van der Waals surface area contributed by atoms with Gasteiger partial charge in [-0.3, -0.25) is 19.7 Å². The molecule has 0 unspecified atom stereocenters. The molecule has 8 nitrogen and oxygen atoms in total. The molecule has 146 valence electrons. The molecule has 1 aromatic heterocycles. The van der Waals surface area contributed by atoms with E-state index in [1.54, 1.807) is 9.80 Å². The highest BCUT2D eigenvalue weighted by atomic mass is 35.5. The number of nitrogens with two attached hydrogens (primary N) is 1. The van der Waals surface area contributed by atoms with Crippen LogP contribution in [0.5, 0.6) is 0 Å². The molecular weight excluding hydrogens is 380 g/mol. The van der Waals surface area contributed by atoms with Crippen LogP contribution in [0.4, 0.5) is 5.00 Å². The van der Waals surface area contributed by atoms with Crippen LogP contribution in [0.15, 0.2) is 12.1 Å². The fraction of sp³-hybridized carbons (Fsp3) is 0.625. The van der Waals surface area contributed by atoms with E-state index in [0.29, 0.717) is 50.4 Å². The average molecular weight is 405 g/mol. The number of piperazine rings is 1. The smallest absolute Gasteiger partial charge is 0.324 e. The van der Waals surface area contributed by atoms with Crippen molar-refractivity contribution in [2.45, 2.75) is 26.7 Å². The first kappa shape index (κ1) is 22.3. The zero-order chi connectivity index (χ0) is 18.6. The van der Waals surface area contributed by atoms with Gasteiger partial charge >= 0.3 is 5.00 Å². The van der Waals surface area contributed by atoms with Crippen LogP contribution in [0.3, 0.4) is 0 Å². The number of hydrogen-bond acceptors (Lipinski definition) is 6. The molecule has 0 aromatic carbocycles. The molecule has 1 aliphatic heterocycles. The van der Waals surface area contributed by atoms with E-state index in [2.05, 4.69) is 0 Å². The van der Waals surface area contributed by atoms with E-state index in [1.165, 1.54) is 12.1 Å². The molecule has 1 fully saturated rings. The molecule has 0 radical (unpaired) electrons. The molecule has 2 amide bonds. The number of amides is 2. The van der Waals surface area contributed by atoms with Crippen molar-refractivity contribution in [3.8, 4) is 0 Å². The molecule has 1 aromatic rings. The van der Waals surface area contributed by atoms with Gasteiger partial charge in [0.15, 0.2) is 0 Å². The second kappa shape index (κ2) is 9.29. The Hall–Kier alpha value is -1.71. The van der Waals surface area contributed by atoms with E-state index in [4.69, 9.17) is 5.73 Å². The van der Waals surface area contributed by atoms with Gasteiger partial charge in [-0.25, -0.2) is 0 Å². The number of carbonyl (C=O) groups excluding carboxylic acids is 2. The lowest BCUT2D eigenvalue weighted by atomic mass is 9.81. The summed E-state index contributed by atoms with van der Waals surface area (Å²) in [5.74, 6) is -0.167. The Bertz CT molecular complexity index is 646. The van der Waals surface area contributed by atoms with Crippen molar-refractivity contribution < 1.29 is 14.5 Å². The Morgan fingerprint density at radius 3 is 2.15 bits per heavy atom. The second-order valence-corrected chi connectivity index (χ2v) is 7.23. The Morgan fingerprint density at radius 2 is 1.73 bits per heavy atom. The van der Waals surface area contributed by atoms with Crippen LogP contribution in [-0.2, 0) is 4.79 Å². The Labute approximate surface area is 162 Å². The summed E-state index contributed by atoms with van der Waals surface area (Å²) in [5, 5.41) is 10.7. The monoisotopic (exact) mass is 404 g/mol. The van der Waals surface area contributed by atoms with E-state index in [9.17, 15) is 19.7 Å². The largest absolute Gasteiger partial charge is 0.339 e. The van der Waals surface area contributed by atoms with Gasteiger partial charge in [0.1, 0.15) is 0 Å². The van der Waals surface area contributed by atoms with Gasteiger partial charge in [-0.1, -0.05) is 25.2 Å². The van der Waals surface area contributed by atoms with Crippen LogP contribution in [-0.4, -0.2) is 59.3 Å². The number of halogens is 1. The summed E-state index contributed by atoms with van der Waals surface area (Å²) in [6, 6.07) is 2.83. The Morgan fingerprint density at radius 1 is 1.19 bits per heavy atom. The van der Waals surface area contributed by atoms with Gasteiger partial charge in [0.2, 0.25) is 5.91 Å². The summed E-state index contributed by atoms with van der Waals surface area (Å²) >= 11 is 0.878. The first-order chi connectivity index (χ1) is 11.9. The molecule has 2 N–H and O–H groups in total. The molecule has 0 atom stereocenters. The van der Waals surface area contributed by atoms with E-state index in [0.717, 1.165) is 11.3 Å². The average Bonchev–Trinajstić information content (AvgIpc) is 3.13. The highest BCUT2D eigenvalue weighted by molar-refractivity contribution is 7.17. The first-order valence-electron chi connectivity index (χ1n) is 8.41. The predicted molar refractivity (Wildman–Crippen MR) is 103 cm³/mol. The SMILES string of the molecule is CCC(CC)(CN)C(=O)N1CCN(C(=O)c2ccc([N+](=O)[O-])s2)CC1.Cl. The molecule has 26 heavy (non-hydrogen) atoms. The van der Waals surface area contributed by atoms with Crippen LogP contribution in [0.1, 0.15) is 36.4 Å². The quantitative estimate of drug-likeness (QED) is 0.576. The Balaban J connectivity index is 0.00000338.